The third-order valence-electron chi connectivity index (χ3n) is 2.98. The van der Waals surface area contributed by atoms with Gasteiger partial charge in [-0.2, -0.15) is 0 Å². The van der Waals surface area contributed by atoms with Crippen molar-refractivity contribution >= 4 is 45.8 Å². The summed E-state index contributed by atoms with van der Waals surface area (Å²) in [6.45, 7) is 0. The van der Waals surface area contributed by atoms with E-state index < -0.39 is 0 Å². The largest absolute Gasteiger partial charge is 0.231 e. The number of hydrogen-bond donors (Lipinski definition) is 1. The molecule has 1 aromatic rings. The molecule has 3 heterocycles. The molecule has 0 amide bonds. The highest BCUT2D eigenvalue weighted by atomic mass is 32.2. The molecule has 0 fully saturated rings. The van der Waals surface area contributed by atoms with Crippen LogP contribution in [0.2, 0.25) is 0 Å². The fraction of sp³-hybridized carbons (Fsp3) is 0.300. The lowest BCUT2D eigenvalue weighted by Gasteiger charge is -2.20. The zero-order valence-corrected chi connectivity index (χ0v) is 10.3. The van der Waals surface area contributed by atoms with Crippen LogP contribution in [0, 0.1) is 0 Å². The predicted octanol–water partition coefficient (Wildman–Crippen LogP) is 3.26. The maximum atomic E-state index is 4.53. The molecule has 0 radical (unpaired) electrons. The number of nitrogens with zero attached hydrogens (tertiary/aromatic N) is 1. The van der Waals surface area contributed by atoms with E-state index in [1.54, 1.807) is 0 Å². The van der Waals surface area contributed by atoms with Crippen molar-refractivity contribution in [3.63, 3.8) is 0 Å². The van der Waals surface area contributed by atoms with Crippen LogP contribution in [0.4, 0.5) is 0 Å². The van der Waals surface area contributed by atoms with Crippen LogP contribution in [0.5, 0.6) is 0 Å². The summed E-state index contributed by atoms with van der Waals surface area (Å²) in [6.07, 6.45) is 1.19. The van der Waals surface area contributed by atoms with E-state index in [0.717, 1.165) is 0 Å². The Kier molecular flexibility index (Phi) is 1.85. The van der Waals surface area contributed by atoms with Gasteiger partial charge in [0.05, 0.1) is 23.9 Å². The van der Waals surface area contributed by atoms with Gasteiger partial charge in [0, 0.05) is 15.5 Å². The molecule has 4 rings (SSSR count). The molecular formula is C10H8N2S3. The first kappa shape index (κ1) is 8.87. The quantitative estimate of drug-likeness (QED) is 0.717. The molecule has 1 atom stereocenters. The van der Waals surface area contributed by atoms with Crippen molar-refractivity contribution < 1.29 is 0 Å². The highest BCUT2D eigenvalue weighted by Gasteiger charge is 2.38. The lowest BCUT2D eigenvalue weighted by Crippen LogP contribution is -2.23. The molecule has 0 saturated carbocycles. The summed E-state index contributed by atoms with van der Waals surface area (Å²) in [4.78, 5) is 2.98. The topological polar surface area (TPSA) is 24.4 Å². The van der Waals surface area contributed by atoms with Crippen LogP contribution in [0.1, 0.15) is 22.9 Å². The fourth-order valence-electron chi connectivity index (χ4n) is 2.31. The Morgan fingerprint density at radius 3 is 3.47 bits per heavy atom. The van der Waals surface area contributed by atoms with E-state index in [-0.39, 0.29) is 0 Å². The van der Waals surface area contributed by atoms with Crippen LogP contribution >= 0.6 is 35.2 Å². The van der Waals surface area contributed by atoms with Gasteiger partial charge in [0.25, 0.3) is 0 Å². The van der Waals surface area contributed by atoms with Crippen LogP contribution in [0.25, 0.3) is 4.91 Å². The third-order valence-corrected chi connectivity index (χ3v) is 5.84. The number of fused-ring (bicyclic) bond motifs is 5. The average Bonchev–Trinajstić information content (AvgIpc) is 2.97. The molecule has 0 aromatic carbocycles. The molecule has 2 aliphatic heterocycles. The lowest BCUT2D eigenvalue weighted by molar-refractivity contribution is 0.894. The Bertz CT molecular complexity index is 501. The van der Waals surface area contributed by atoms with Crippen molar-refractivity contribution in [2.75, 3.05) is 5.75 Å². The number of thioether (sulfide) groups is 1. The van der Waals surface area contributed by atoms with Gasteiger partial charge in [-0.3, -0.25) is 0 Å². The van der Waals surface area contributed by atoms with Gasteiger partial charge < -0.3 is 0 Å². The number of rotatable bonds is 0. The Morgan fingerprint density at radius 1 is 1.47 bits per heavy atom. The van der Waals surface area contributed by atoms with Gasteiger partial charge in [-0.25, -0.2) is 9.12 Å². The van der Waals surface area contributed by atoms with Gasteiger partial charge in [0.15, 0.2) is 0 Å². The van der Waals surface area contributed by atoms with E-state index in [0.29, 0.717) is 6.04 Å². The van der Waals surface area contributed by atoms with E-state index in [2.05, 4.69) is 20.6 Å². The molecule has 1 N–H and O–H groups in total. The summed E-state index contributed by atoms with van der Waals surface area (Å²) in [5.41, 5.74) is 4.21. The molecule has 5 heteroatoms. The van der Waals surface area contributed by atoms with Crippen molar-refractivity contribution in [2.24, 2.45) is 4.40 Å². The van der Waals surface area contributed by atoms with Crippen LogP contribution in [0.3, 0.4) is 0 Å². The number of nitrogens with one attached hydrogen (secondary N) is 1. The van der Waals surface area contributed by atoms with E-state index in [1.807, 2.05) is 23.1 Å². The fourth-order valence-corrected chi connectivity index (χ4v) is 5.39. The zero-order chi connectivity index (χ0) is 9.83. The highest BCUT2D eigenvalue weighted by molar-refractivity contribution is 8.08. The minimum Gasteiger partial charge on any atom is -0.231 e. The van der Waals surface area contributed by atoms with Crippen molar-refractivity contribution in [1.29, 1.82) is 0 Å². The second kappa shape index (κ2) is 3.13. The maximum Gasteiger partial charge on any atom is 0.0885 e. The molecule has 3 aliphatic rings. The molecule has 2 nitrogen and oxygen atoms in total. The minimum atomic E-state index is 0.355. The standard InChI is InChI=1S/C10H8N2S3/c1-3-13-9-5(1)7-8(12-15-11-7)6-2-4-14-10(6)9/h1,3,7,11H,2,4H2. The van der Waals surface area contributed by atoms with Crippen molar-refractivity contribution in [3.05, 3.63) is 27.5 Å². The summed E-state index contributed by atoms with van der Waals surface area (Å²) in [7, 11) is 0. The second-order valence-corrected chi connectivity index (χ2v) is 6.35. The first-order chi connectivity index (χ1) is 7.45. The van der Waals surface area contributed by atoms with Crippen LogP contribution in [0.15, 0.2) is 21.4 Å². The van der Waals surface area contributed by atoms with Gasteiger partial charge in [-0.05, 0) is 29.0 Å². The molecule has 0 bridgehead atoms. The molecule has 1 aromatic heterocycles. The number of thiophene rings is 1. The van der Waals surface area contributed by atoms with Crippen LogP contribution in [-0.2, 0) is 0 Å². The molecule has 1 unspecified atom stereocenters. The Morgan fingerprint density at radius 2 is 2.47 bits per heavy atom. The summed E-state index contributed by atoms with van der Waals surface area (Å²) < 4.78 is 7.92. The molecule has 0 spiro atoms. The first-order valence-corrected chi connectivity index (χ1v) is 7.52. The summed E-state index contributed by atoms with van der Waals surface area (Å²) >= 11 is 5.36. The third kappa shape index (κ3) is 1.09. The molecule has 76 valence electrons. The monoisotopic (exact) mass is 252 g/mol. The van der Waals surface area contributed by atoms with Crippen LogP contribution < -0.4 is 4.72 Å². The van der Waals surface area contributed by atoms with Crippen molar-refractivity contribution in [1.82, 2.24) is 4.72 Å². The van der Waals surface area contributed by atoms with Gasteiger partial charge in [-0.1, -0.05) is 0 Å². The summed E-state index contributed by atoms with van der Waals surface area (Å²) in [5, 5.41) is 2.20. The normalized spacial score (nSPS) is 27.5. The van der Waals surface area contributed by atoms with E-state index in [4.69, 9.17) is 0 Å². The molecule has 0 saturated heterocycles. The van der Waals surface area contributed by atoms with E-state index in [9.17, 15) is 0 Å². The van der Waals surface area contributed by atoms with Gasteiger partial charge in [0.1, 0.15) is 0 Å². The highest BCUT2D eigenvalue weighted by Crippen LogP contribution is 2.51. The summed E-state index contributed by atoms with van der Waals surface area (Å²) in [6, 6.07) is 2.59. The predicted molar refractivity (Wildman–Crippen MR) is 69.2 cm³/mol. The Balaban J connectivity index is 2.02. The smallest absolute Gasteiger partial charge is 0.0885 e. The van der Waals surface area contributed by atoms with E-state index in [1.165, 1.54) is 50.9 Å². The first-order valence-electron chi connectivity index (χ1n) is 4.88. The minimum absolute atomic E-state index is 0.355. The molecular weight excluding hydrogens is 244 g/mol. The molecule has 15 heavy (non-hydrogen) atoms. The van der Waals surface area contributed by atoms with Crippen molar-refractivity contribution in [3.8, 4) is 0 Å². The Labute approximate surface area is 101 Å². The van der Waals surface area contributed by atoms with Gasteiger partial charge >= 0.3 is 0 Å². The summed E-state index contributed by atoms with van der Waals surface area (Å²) in [5.74, 6) is 1.22. The van der Waals surface area contributed by atoms with Gasteiger partial charge in [0.2, 0.25) is 0 Å². The van der Waals surface area contributed by atoms with Gasteiger partial charge in [-0.15, -0.1) is 23.1 Å². The molecule has 1 aliphatic carbocycles. The zero-order valence-electron chi connectivity index (χ0n) is 7.82. The maximum absolute atomic E-state index is 4.53. The van der Waals surface area contributed by atoms with Crippen LogP contribution in [-0.4, -0.2) is 11.5 Å². The average molecular weight is 252 g/mol. The number of hydrogen-bond acceptors (Lipinski definition) is 5. The second-order valence-electron chi connectivity index (χ2n) is 3.73. The SMILES string of the molecule is c1cc2c(s1)C1=C(CCS1)C1=NSNC12. The lowest BCUT2D eigenvalue weighted by atomic mass is 9.90. The van der Waals surface area contributed by atoms with Crippen molar-refractivity contribution in [2.45, 2.75) is 12.5 Å². The Hall–Kier alpha value is -0.230. The van der Waals surface area contributed by atoms with E-state index >= 15 is 0 Å².